The summed E-state index contributed by atoms with van der Waals surface area (Å²) in [7, 11) is 0. The summed E-state index contributed by atoms with van der Waals surface area (Å²) in [6.07, 6.45) is 1.74. The lowest BCUT2D eigenvalue weighted by Gasteiger charge is -2.10. The van der Waals surface area contributed by atoms with Crippen LogP contribution in [0.2, 0.25) is 5.15 Å². The molecule has 15 heavy (non-hydrogen) atoms. The third-order valence-corrected chi connectivity index (χ3v) is 2.77. The van der Waals surface area contributed by atoms with Gasteiger partial charge in [0.15, 0.2) is 5.54 Å². The number of nitrogens with zero attached hydrogens (tertiary/aromatic N) is 3. The molecule has 1 aromatic heterocycles. The summed E-state index contributed by atoms with van der Waals surface area (Å²) in [5, 5.41) is 22.8. The largest absolute Gasteiger partial charge is 0.479 e. The molecule has 0 atom stereocenters. The zero-order valence-corrected chi connectivity index (χ0v) is 8.14. The Labute approximate surface area is 88.4 Å². The van der Waals surface area contributed by atoms with Gasteiger partial charge in [-0.3, -0.25) is 10.1 Å². The van der Waals surface area contributed by atoms with Crippen molar-refractivity contribution >= 4 is 23.3 Å². The molecule has 1 N–H and O–H groups in total. The molecule has 1 aliphatic carbocycles. The number of nitro groups is 1. The summed E-state index contributed by atoms with van der Waals surface area (Å²) in [5.74, 6) is -1.07. The van der Waals surface area contributed by atoms with Crippen LogP contribution in [0.5, 0.6) is 0 Å². The molecule has 1 fully saturated rings. The standard InChI is InChI=1S/C7H6ClN3O4/c8-5-4(11(14)15)3-9-10(5)7(1-2-7)6(12)13/h3H,1-2H2,(H,12,13). The van der Waals surface area contributed by atoms with Crippen molar-refractivity contribution in [3.05, 3.63) is 21.5 Å². The monoisotopic (exact) mass is 231 g/mol. The maximum Gasteiger partial charge on any atom is 0.331 e. The molecule has 1 saturated carbocycles. The van der Waals surface area contributed by atoms with Gasteiger partial charge >= 0.3 is 11.7 Å². The Bertz CT molecular complexity index is 451. The van der Waals surface area contributed by atoms with Crippen molar-refractivity contribution in [1.29, 1.82) is 0 Å². The number of halogens is 1. The van der Waals surface area contributed by atoms with Gasteiger partial charge in [-0.15, -0.1) is 0 Å². The highest BCUT2D eigenvalue weighted by Crippen LogP contribution is 2.46. The second-order valence-corrected chi connectivity index (χ2v) is 3.68. The van der Waals surface area contributed by atoms with Crippen LogP contribution >= 0.6 is 11.6 Å². The molecule has 0 saturated heterocycles. The summed E-state index contributed by atoms with van der Waals surface area (Å²) < 4.78 is 1.01. The Kier molecular flexibility index (Phi) is 1.93. The summed E-state index contributed by atoms with van der Waals surface area (Å²) in [4.78, 5) is 20.7. The number of carboxylic acids is 1. The first-order chi connectivity index (χ1) is 6.99. The lowest BCUT2D eigenvalue weighted by Crippen LogP contribution is -2.28. The highest BCUT2D eigenvalue weighted by atomic mass is 35.5. The van der Waals surface area contributed by atoms with Gasteiger partial charge in [0.2, 0.25) is 5.15 Å². The number of hydrogen-bond acceptors (Lipinski definition) is 4. The lowest BCUT2D eigenvalue weighted by molar-refractivity contribution is -0.384. The predicted molar refractivity (Wildman–Crippen MR) is 48.7 cm³/mol. The fraction of sp³-hybridized carbons (Fsp3) is 0.429. The Morgan fingerprint density at radius 3 is 2.67 bits per heavy atom. The molecule has 8 heteroatoms. The van der Waals surface area contributed by atoms with Crippen LogP contribution in [0.1, 0.15) is 12.8 Å². The summed E-state index contributed by atoms with van der Waals surface area (Å²) in [6, 6.07) is 0. The van der Waals surface area contributed by atoms with Gasteiger partial charge in [0.1, 0.15) is 6.20 Å². The number of aromatic nitrogens is 2. The molecule has 0 aromatic carbocycles. The van der Waals surface area contributed by atoms with Gasteiger partial charge in [0.05, 0.1) is 4.92 Å². The van der Waals surface area contributed by atoms with Gasteiger partial charge < -0.3 is 5.11 Å². The van der Waals surface area contributed by atoms with Gasteiger partial charge in [-0.05, 0) is 12.8 Å². The molecule has 0 aliphatic heterocycles. The molecule has 0 unspecified atom stereocenters. The molecule has 1 aliphatic rings. The second-order valence-electron chi connectivity index (χ2n) is 3.33. The van der Waals surface area contributed by atoms with Gasteiger partial charge in [-0.1, -0.05) is 11.6 Å². The van der Waals surface area contributed by atoms with Crippen LogP contribution in [-0.2, 0) is 10.3 Å². The van der Waals surface area contributed by atoms with E-state index in [2.05, 4.69) is 5.10 Å². The van der Waals surface area contributed by atoms with E-state index in [4.69, 9.17) is 16.7 Å². The van der Waals surface area contributed by atoms with Crippen molar-refractivity contribution in [3.8, 4) is 0 Å². The average Bonchev–Trinajstić information content (AvgIpc) is 2.85. The van der Waals surface area contributed by atoms with Crippen molar-refractivity contribution in [2.24, 2.45) is 0 Å². The zero-order chi connectivity index (χ0) is 11.2. The van der Waals surface area contributed by atoms with E-state index in [0.717, 1.165) is 10.9 Å². The van der Waals surface area contributed by atoms with E-state index >= 15 is 0 Å². The zero-order valence-electron chi connectivity index (χ0n) is 7.38. The second kappa shape index (κ2) is 2.93. The van der Waals surface area contributed by atoms with Gasteiger partial charge in [-0.2, -0.15) is 5.10 Å². The third-order valence-electron chi connectivity index (χ3n) is 2.42. The van der Waals surface area contributed by atoms with E-state index in [1.807, 2.05) is 0 Å². The van der Waals surface area contributed by atoms with Gasteiger partial charge in [0, 0.05) is 0 Å². The summed E-state index contributed by atoms with van der Waals surface area (Å²) in [6.45, 7) is 0. The lowest BCUT2D eigenvalue weighted by atomic mass is 10.3. The van der Waals surface area contributed by atoms with Crippen molar-refractivity contribution in [2.75, 3.05) is 0 Å². The Balaban J connectivity index is 2.47. The normalized spacial score (nSPS) is 17.4. The van der Waals surface area contributed by atoms with Crippen LogP contribution in [-0.4, -0.2) is 25.8 Å². The van der Waals surface area contributed by atoms with Crippen molar-refractivity contribution < 1.29 is 14.8 Å². The molecule has 0 bridgehead atoms. The highest BCUT2D eigenvalue weighted by molar-refractivity contribution is 6.31. The first-order valence-electron chi connectivity index (χ1n) is 4.11. The van der Waals surface area contributed by atoms with E-state index in [-0.39, 0.29) is 10.8 Å². The molecule has 1 heterocycles. The van der Waals surface area contributed by atoms with Gasteiger partial charge in [-0.25, -0.2) is 9.48 Å². The molecule has 80 valence electrons. The van der Waals surface area contributed by atoms with Crippen molar-refractivity contribution in [2.45, 2.75) is 18.4 Å². The van der Waals surface area contributed by atoms with E-state index in [1.54, 1.807) is 0 Å². The summed E-state index contributed by atoms with van der Waals surface area (Å²) in [5.41, 5.74) is -1.55. The molecule has 2 rings (SSSR count). The molecular formula is C7H6ClN3O4. The fourth-order valence-corrected chi connectivity index (χ4v) is 1.70. The van der Waals surface area contributed by atoms with Crippen LogP contribution in [0.4, 0.5) is 5.69 Å². The molecule has 0 spiro atoms. The number of hydrogen-bond donors (Lipinski definition) is 1. The van der Waals surface area contributed by atoms with E-state index in [0.29, 0.717) is 12.8 Å². The summed E-state index contributed by atoms with van der Waals surface area (Å²) >= 11 is 5.68. The minimum absolute atomic E-state index is 0.236. The third kappa shape index (κ3) is 1.27. The van der Waals surface area contributed by atoms with Gasteiger partial charge in [0.25, 0.3) is 0 Å². The first kappa shape index (κ1) is 9.91. The van der Waals surface area contributed by atoms with E-state index in [1.165, 1.54) is 0 Å². The Morgan fingerprint density at radius 2 is 2.33 bits per heavy atom. The van der Waals surface area contributed by atoms with Crippen LogP contribution in [0.25, 0.3) is 0 Å². The maximum absolute atomic E-state index is 10.9. The molecular weight excluding hydrogens is 226 g/mol. The smallest absolute Gasteiger partial charge is 0.331 e. The molecule has 1 aromatic rings. The number of carbonyl (C=O) groups is 1. The maximum atomic E-state index is 10.9. The number of carboxylic acid groups (broad SMARTS) is 1. The number of aliphatic carboxylic acids is 1. The molecule has 0 radical (unpaired) electrons. The molecule has 7 nitrogen and oxygen atoms in total. The molecule has 0 amide bonds. The average molecular weight is 232 g/mol. The van der Waals surface area contributed by atoms with Crippen LogP contribution in [0.15, 0.2) is 6.20 Å². The number of rotatable bonds is 3. The van der Waals surface area contributed by atoms with E-state index < -0.39 is 16.4 Å². The van der Waals surface area contributed by atoms with Crippen molar-refractivity contribution in [3.63, 3.8) is 0 Å². The first-order valence-corrected chi connectivity index (χ1v) is 4.48. The van der Waals surface area contributed by atoms with E-state index in [9.17, 15) is 14.9 Å². The SMILES string of the molecule is O=C(O)C1(n2ncc([N+](=O)[O-])c2Cl)CC1. The topological polar surface area (TPSA) is 98.3 Å². The van der Waals surface area contributed by atoms with Crippen LogP contribution in [0.3, 0.4) is 0 Å². The minimum atomic E-state index is -1.18. The fourth-order valence-electron chi connectivity index (χ4n) is 1.38. The van der Waals surface area contributed by atoms with Crippen LogP contribution in [0, 0.1) is 10.1 Å². The quantitative estimate of drug-likeness (QED) is 0.618. The Morgan fingerprint density at radius 1 is 1.73 bits per heavy atom. The minimum Gasteiger partial charge on any atom is -0.479 e. The predicted octanol–water partition coefficient (Wildman–Crippen LogP) is 1.02. The van der Waals surface area contributed by atoms with Crippen LogP contribution < -0.4 is 0 Å². The highest BCUT2D eigenvalue weighted by Gasteiger charge is 2.55. The Hall–Kier alpha value is -1.63. The van der Waals surface area contributed by atoms with Crippen molar-refractivity contribution in [1.82, 2.24) is 9.78 Å².